The first-order valence-electron chi connectivity index (χ1n) is 9.40. The summed E-state index contributed by atoms with van der Waals surface area (Å²) >= 11 is 0. The van der Waals surface area contributed by atoms with E-state index in [4.69, 9.17) is 4.74 Å². The van der Waals surface area contributed by atoms with Gasteiger partial charge in [-0.1, -0.05) is 19.1 Å². The molecular formula is C20H27N5O2. The van der Waals surface area contributed by atoms with Crippen LogP contribution < -0.4 is 10.1 Å². The first-order valence-corrected chi connectivity index (χ1v) is 9.40. The van der Waals surface area contributed by atoms with Gasteiger partial charge >= 0.3 is 0 Å². The number of piperazine rings is 1. The van der Waals surface area contributed by atoms with E-state index in [-0.39, 0.29) is 5.91 Å². The Kier molecular flexibility index (Phi) is 6.59. The van der Waals surface area contributed by atoms with E-state index in [2.05, 4.69) is 27.1 Å². The Morgan fingerprint density at radius 1 is 1.15 bits per heavy atom. The third-order valence-corrected chi connectivity index (χ3v) is 4.87. The summed E-state index contributed by atoms with van der Waals surface area (Å²) in [6.07, 6.45) is 2.31. The van der Waals surface area contributed by atoms with E-state index in [1.165, 1.54) is 11.9 Å². The number of rotatable bonds is 7. The molecular weight excluding hydrogens is 342 g/mol. The number of amides is 1. The summed E-state index contributed by atoms with van der Waals surface area (Å²) in [5.41, 5.74) is 1.66. The number of hydrogen-bond acceptors (Lipinski definition) is 6. The van der Waals surface area contributed by atoms with Crippen LogP contribution in [0, 0.1) is 0 Å². The number of likely N-dealkylation sites (N-methyl/N-ethyl adjacent to an activating group) is 1. The number of methoxy groups -OCH3 is 1. The Labute approximate surface area is 160 Å². The lowest BCUT2D eigenvalue weighted by molar-refractivity contribution is 0.0637. The van der Waals surface area contributed by atoms with Gasteiger partial charge in [-0.15, -0.1) is 0 Å². The van der Waals surface area contributed by atoms with Crippen molar-refractivity contribution in [1.82, 2.24) is 19.8 Å². The fraction of sp³-hybridized carbons (Fsp3) is 0.450. The second kappa shape index (κ2) is 9.32. The van der Waals surface area contributed by atoms with Crippen molar-refractivity contribution in [2.75, 3.05) is 51.7 Å². The first kappa shape index (κ1) is 19.1. The molecule has 1 aromatic heterocycles. The van der Waals surface area contributed by atoms with E-state index >= 15 is 0 Å². The van der Waals surface area contributed by atoms with Crippen LogP contribution in [0.15, 0.2) is 36.7 Å². The molecule has 1 saturated heterocycles. The molecule has 7 nitrogen and oxygen atoms in total. The molecule has 1 amide bonds. The molecule has 1 aliphatic rings. The van der Waals surface area contributed by atoms with Crippen LogP contribution in [-0.2, 0) is 6.42 Å². The van der Waals surface area contributed by atoms with Crippen molar-refractivity contribution in [2.45, 2.75) is 13.3 Å². The maximum absolute atomic E-state index is 12.7. The van der Waals surface area contributed by atoms with E-state index in [9.17, 15) is 4.79 Å². The number of nitrogens with zero attached hydrogens (tertiary/aromatic N) is 4. The molecule has 1 aliphatic heterocycles. The van der Waals surface area contributed by atoms with Gasteiger partial charge in [0.1, 0.15) is 23.6 Å². The van der Waals surface area contributed by atoms with Gasteiger partial charge in [-0.3, -0.25) is 4.79 Å². The van der Waals surface area contributed by atoms with E-state index < -0.39 is 0 Å². The zero-order valence-electron chi connectivity index (χ0n) is 16.0. The highest BCUT2D eigenvalue weighted by Crippen LogP contribution is 2.13. The van der Waals surface area contributed by atoms with Crippen LogP contribution >= 0.6 is 0 Å². The molecule has 144 valence electrons. The molecule has 0 radical (unpaired) electrons. The molecule has 2 heterocycles. The Bertz CT molecular complexity index is 742. The van der Waals surface area contributed by atoms with Gasteiger partial charge < -0.3 is 19.9 Å². The van der Waals surface area contributed by atoms with Crippen molar-refractivity contribution in [3.63, 3.8) is 0 Å². The number of anilines is 1. The Hall–Kier alpha value is -2.67. The Morgan fingerprint density at radius 2 is 1.89 bits per heavy atom. The minimum absolute atomic E-state index is 0.0219. The van der Waals surface area contributed by atoms with Gasteiger partial charge in [0.2, 0.25) is 0 Å². The van der Waals surface area contributed by atoms with Crippen molar-refractivity contribution in [3.05, 3.63) is 47.9 Å². The standard InChI is InChI=1S/C20H27N5O2/c1-3-24-10-12-25(13-11-24)20(26)18-14-19(23-15-22-18)21-9-8-16-4-6-17(27-2)7-5-16/h4-7,14-15H,3,8-13H2,1-2H3,(H,21,22,23). The summed E-state index contributed by atoms with van der Waals surface area (Å²) in [4.78, 5) is 25.3. The zero-order chi connectivity index (χ0) is 19.1. The number of aromatic nitrogens is 2. The van der Waals surface area contributed by atoms with Gasteiger partial charge in [-0.25, -0.2) is 9.97 Å². The highest BCUT2D eigenvalue weighted by atomic mass is 16.5. The zero-order valence-corrected chi connectivity index (χ0v) is 16.0. The maximum atomic E-state index is 12.7. The molecule has 1 fully saturated rings. The fourth-order valence-corrected chi connectivity index (χ4v) is 3.13. The molecule has 1 N–H and O–H groups in total. The van der Waals surface area contributed by atoms with Crippen LogP contribution in [0.4, 0.5) is 5.82 Å². The average molecular weight is 369 g/mol. The molecule has 1 aromatic carbocycles. The van der Waals surface area contributed by atoms with E-state index in [1.807, 2.05) is 29.2 Å². The Balaban J connectivity index is 1.53. The fourth-order valence-electron chi connectivity index (χ4n) is 3.13. The van der Waals surface area contributed by atoms with E-state index in [1.54, 1.807) is 13.2 Å². The van der Waals surface area contributed by atoms with Crippen LogP contribution in [0.1, 0.15) is 23.0 Å². The summed E-state index contributed by atoms with van der Waals surface area (Å²) in [5, 5.41) is 3.27. The highest BCUT2D eigenvalue weighted by Gasteiger charge is 2.22. The SMILES string of the molecule is CCN1CCN(C(=O)c2cc(NCCc3ccc(OC)cc3)ncn2)CC1. The summed E-state index contributed by atoms with van der Waals surface area (Å²) in [6.45, 7) is 7.23. The third kappa shape index (κ3) is 5.17. The molecule has 0 spiro atoms. The molecule has 0 aliphatic carbocycles. The van der Waals surface area contributed by atoms with Crippen molar-refractivity contribution in [3.8, 4) is 5.75 Å². The molecule has 7 heteroatoms. The Morgan fingerprint density at radius 3 is 2.56 bits per heavy atom. The summed E-state index contributed by atoms with van der Waals surface area (Å²) in [7, 11) is 1.66. The van der Waals surface area contributed by atoms with Crippen LogP contribution in [0.3, 0.4) is 0 Å². The van der Waals surface area contributed by atoms with E-state index in [0.29, 0.717) is 11.5 Å². The summed E-state index contributed by atoms with van der Waals surface area (Å²) < 4.78 is 5.17. The van der Waals surface area contributed by atoms with Gasteiger partial charge in [-0.05, 0) is 30.7 Å². The lowest BCUT2D eigenvalue weighted by Crippen LogP contribution is -2.48. The number of carbonyl (C=O) groups excluding carboxylic acids is 1. The molecule has 0 unspecified atom stereocenters. The molecule has 0 bridgehead atoms. The second-order valence-electron chi connectivity index (χ2n) is 6.54. The number of carbonyl (C=O) groups is 1. The van der Waals surface area contributed by atoms with Gasteiger partial charge in [0, 0.05) is 38.8 Å². The first-order chi connectivity index (χ1) is 13.2. The minimum Gasteiger partial charge on any atom is -0.497 e. The number of hydrogen-bond donors (Lipinski definition) is 1. The van der Waals surface area contributed by atoms with Crippen LogP contribution in [-0.4, -0.2) is 72.1 Å². The van der Waals surface area contributed by atoms with Crippen LogP contribution in [0.2, 0.25) is 0 Å². The van der Waals surface area contributed by atoms with Crippen molar-refractivity contribution in [1.29, 1.82) is 0 Å². The summed E-state index contributed by atoms with van der Waals surface area (Å²) in [5.74, 6) is 1.51. The van der Waals surface area contributed by atoms with Crippen LogP contribution in [0.25, 0.3) is 0 Å². The van der Waals surface area contributed by atoms with Crippen molar-refractivity contribution >= 4 is 11.7 Å². The largest absolute Gasteiger partial charge is 0.497 e. The van der Waals surface area contributed by atoms with Gasteiger partial charge in [-0.2, -0.15) is 0 Å². The predicted molar refractivity (Wildman–Crippen MR) is 105 cm³/mol. The monoisotopic (exact) mass is 369 g/mol. The summed E-state index contributed by atoms with van der Waals surface area (Å²) in [6, 6.07) is 9.74. The molecule has 0 saturated carbocycles. The maximum Gasteiger partial charge on any atom is 0.272 e. The minimum atomic E-state index is -0.0219. The molecule has 27 heavy (non-hydrogen) atoms. The number of benzene rings is 1. The lowest BCUT2D eigenvalue weighted by atomic mass is 10.1. The van der Waals surface area contributed by atoms with Gasteiger partial charge in [0.25, 0.3) is 5.91 Å². The predicted octanol–water partition coefficient (Wildman–Crippen LogP) is 1.92. The second-order valence-corrected chi connectivity index (χ2v) is 6.54. The third-order valence-electron chi connectivity index (χ3n) is 4.87. The van der Waals surface area contributed by atoms with Crippen molar-refractivity contribution in [2.24, 2.45) is 0 Å². The van der Waals surface area contributed by atoms with Crippen LogP contribution in [0.5, 0.6) is 5.75 Å². The van der Waals surface area contributed by atoms with Gasteiger partial charge in [0.05, 0.1) is 7.11 Å². The number of nitrogens with one attached hydrogen (secondary N) is 1. The molecule has 3 rings (SSSR count). The topological polar surface area (TPSA) is 70.6 Å². The smallest absolute Gasteiger partial charge is 0.272 e. The quantitative estimate of drug-likeness (QED) is 0.804. The van der Waals surface area contributed by atoms with E-state index in [0.717, 1.165) is 51.4 Å². The van der Waals surface area contributed by atoms with Gasteiger partial charge in [0.15, 0.2) is 0 Å². The number of ether oxygens (including phenoxy) is 1. The normalized spacial score (nSPS) is 14.8. The molecule has 2 aromatic rings. The van der Waals surface area contributed by atoms with Crippen molar-refractivity contribution < 1.29 is 9.53 Å². The molecule has 0 atom stereocenters. The average Bonchev–Trinajstić information content (AvgIpc) is 2.74. The highest BCUT2D eigenvalue weighted by molar-refractivity contribution is 5.93. The lowest BCUT2D eigenvalue weighted by Gasteiger charge is -2.33.